The molecule has 5 N–H and O–H groups in total. The van der Waals surface area contributed by atoms with Gasteiger partial charge in [-0.1, -0.05) is 42.5 Å². The van der Waals surface area contributed by atoms with E-state index in [4.69, 9.17) is 16.6 Å². The van der Waals surface area contributed by atoms with E-state index in [2.05, 4.69) is 0 Å². The number of hydrogen-bond acceptors (Lipinski definition) is 5. The number of benzene rings is 2. The lowest BCUT2D eigenvalue weighted by Crippen LogP contribution is -2.18. The summed E-state index contributed by atoms with van der Waals surface area (Å²) in [5.41, 5.74) is 12.7. The largest absolute Gasteiger partial charge is 0.508 e. The topological polar surface area (TPSA) is 106 Å². The maximum Gasteiger partial charge on any atom is 0.150 e. The Morgan fingerprint density at radius 1 is 0.783 bits per heavy atom. The molecule has 0 aliphatic carbocycles. The third-order valence-corrected chi connectivity index (χ3v) is 3.29. The van der Waals surface area contributed by atoms with Crippen LogP contribution in [0.1, 0.15) is 37.1 Å². The van der Waals surface area contributed by atoms with Gasteiger partial charge in [-0.05, 0) is 37.1 Å². The highest BCUT2D eigenvalue weighted by atomic mass is 16.3. The molecule has 0 fully saturated rings. The van der Waals surface area contributed by atoms with Crippen molar-refractivity contribution in [3.05, 3.63) is 65.7 Å². The van der Waals surface area contributed by atoms with Crippen LogP contribution in [0.2, 0.25) is 0 Å². The van der Waals surface area contributed by atoms with E-state index in [9.17, 15) is 9.59 Å². The third kappa shape index (κ3) is 6.02. The van der Waals surface area contributed by atoms with Gasteiger partial charge in [0, 0.05) is 0 Å². The molecule has 2 unspecified atom stereocenters. The van der Waals surface area contributed by atoms with Gasteiger partial charge in [-0.25, -0.2) is 0 Å². The van der Waals surface area contributed by atoms with Crippen molar-refractivity contribution in [2.24, 2.45) is 11.5 Å². The van der Waals surface area contributed by atoms with Crippen LogP contribution in [0.4, 0.5) is 0 Å². The van der Waals surface area contributed by atoms with Crippen molar-refractivity contribution in [1.82, 2.24) is 0 Å². The molecule has 2 aromatic carbocycles. The van der Waals surface area contributed by atoms with E-state index in [1.165, 1.54) is 26.0 Å². The van der Waals surface area contributed by atoms with E-state index in [0.29, 0.717) is 0 Å². The quantitative estimate of drug-likeness (QED) is 0.802. The fourth-order valence-electron chi connectivity index (χ4n) is 1.81. The Labute approximate surface area is 135 Å². The van der Waals surface area contributed by atoms with Gasteiger partial charge >= 0.3 is 0 Å². The first-order valence-electron chi connectivity index (χ1n) is 7.19. The lowest BCUT2D eigenvalue weighted by molar-refractivity contribution is -0.119. The molecule has 0 radical (unpaired) electrons. The minimum absolute atomic E-state index is 0.00352. The van der Waals surface area contributed by atoms with Crippen LogP contribution < -0.4 is 11.5 Å². The fraction of sp³-hybridized carbons (Fsp3) is 0.222. The fourth-order valence-corrected chi connectivity index (χ4v) is 1.81. The number of hydrogen-bond donors (Lipinski definition) is 3. The highest BCUT2D eigenvalue weighted by molar-refractivity contribution is 5.83. The zero-order chi connectivity index (χ0) is 17.4. The van der Waals surface area contributed by atoms with Crippen LogP contribution in [0.25, 0.3) is 0 Å². The van der Waals surface area contributed by atoms with E-state index in [1.807, 2.05) is 30.3 Å². The average Bonchev–Trinajstić information content (AvgIpc) is 2.55. The highest BCUT2D eigenvalue weighted by Gasteiger charge is 2.10. The molecular formula is C18H22N2O3. The van der Waals surface area contributed by atoms with Crippen molar-refractivity contribution < 1.29 is 14.7 Å². The molecule has 0 heterocycles. The van der Waals surface area contributed by atoms with E-state index in [-0.39, 0.29) is 17.3 Å². The number of carbonyl (C=O) groups excluding carboxylic acids is 2. The highest BCUT2D eigenvalue weighted by Crippen LogP contribution is 2.15. The number of rotatable bonds is 4. The number of nitrogens with two attached hydrogens (primary N) is 2. The first kappa shape index (κ1) is 18.5. The van der Waals surface area contributed by atoms with Crippen molar-refractivity contribution >= 4 is 11.6 Å². The molecule has 2 atom stereocenters. The Morgan fingerprint density at radius 2 is 1.17 bits per heavy atom. The summed E-state index contributed by atoms with van der Waals surface area (Å²) >= 11 is 0. The van der Waals surface area contributed by atoms with E-state index < -0.39 is 12.1 Å². The van der Waals surface area contributed by atoms with Crippen LogP contribution >= 0.6 is 0 Å². The van der Waals surface area contributed by atoms with Crippen LogP contribution in [0.5, 0.6) is 5.75 Å². The molecule has 5 heteroatoms. The second kappa shape index (κ2) is 8.82. The predicted molar refractivity (Wildman–Crippen MR) is 89.8 cm³/mol. The summed E-state index contributed by atoms with van der Waals surface area (Å²) in [6, 6.07) is 14.6. The van der Waals surface area contributed by atoms with Crippen molar-refractivity contribution in [3.8, 4) is 5.75 Å². The second-order valence-electron chi connectivity index (χ2n) is 5.18. The minimum Gasteiger partial charge on any atom is -0.508 e. The first-order valence-corrected chi connectivity index (χ1v) is 7.19. The Morgan fingerprint density at radius 3 is 1.57 bits per heavy atom. The van der Waals surface area contributed by atoms with Crippen LogP contribution in [0.15, 0.2) is 54.6 Å². The van der Waals surface area contributed by atoms with Crippen molar-refractivity contribution in [1.29, 1.82) is 0 Å². The molecule has 0 saturated carbocycles. The number of aromatic hydroxyl groups is 1. The smallest absolute Gasteiger partial charge is 0.150 e. The number of Topliss-reactive ketones (excluding diaryl/α,β-unsaturated/α-hetero) is 2. The molecule has 2 aromatic rings. The van der Waals surface area contributed by atoms with Crippen molar-refractivity contribution in [2.75, 3.05) is 0 Å². The summed E-state index contributed by atoms with van der Waals surface area (Å²) in [4.78, 5) is 21.7. The Balaban J connectivity index is 0.000000231. The Kier molecular flexibility index (Phi) is 7.12. The van der Waals surface area contributed by atoms with Crippen LogP contribution in [-0.2, 0) is 9.59 Å². The number of ketones is 2. The minimum atomic E-state index is -0.578. The number of carbonyl (C=O) groups is 2. The van der Waals surface area contributed by atoms with Crippen LogP contribution in [0.3, 0.4) is 0 Å². The third-order valence-electron chi connectivity index (χ3n) is 3.29. The van der Waals surface area contributed by atoms with E-state index >= 15 is 0 Å². The summed E-state index contributed by atoms with van der Waals surface area (Å²) in [7, 11) is 0. The standard InChI is InChI=1S/C9H11NO2.C9H11NO/c1-6(11)9(10)7-2-4-8(12)5-3-7;1-7(11)9(10)8-5-3-2-4-6-8/h2-5,9,12H,10H2,1H3;2-6,9H,10H2,1H3. The lowest BCUT2D eigenvalue weighted by Gasteiger charge is -2.06. The summed E-state index contributed by atoms with van der Waals surface area (Å²) in [6.45, 7) is 2.94. The summed E-state index contributed by atoms with van der Waals surface area (Å²) in [5.74, 6) is 0.0893. The molecular weight excluding hydrogens is 292 g/mol. The van der Waals surface area contributed by atoms with E-state index in [0.717, 1.165) is 11.1 Å². The van der Waals surface area contributed by atoms with Gasteiger partial charge < -0.3 is 16.6 Å². The van der Waals surface area contributed by atoms with Gasteiger partial charge in [0.2, 0.25) is 0 Å². The van der Waals surface area contributed by atoms with Gasteiger partial charge in [-0.2, -0.15) is 0 Å². The van der Waals surface area contributed by atoms with E-state index in [1.54, 1.807) is 12.1 Å². The average molecular weight is 314 g/mol. The molecule has 122 valence electrons. The summed E-state index contributed by atoms with van der Waals surface area (Å²) in [6.07, 6.45) is 0. The molecule has 0 aliphatic heterocycles. The maximum absolute atomic E-state index is 10.8. The number of phenols is 1. The maximum atomic E-state index is 10.8. The molecule has 2 rings (SSSR count). The molecule has 0 saturated heterocycles. The summed E-state index contributed by atoms with van der Waals surface area (Å²) < 4.78 is 0. The van der Waals surface area contributed by atoms with Crippen LogP contribution in [-0.4, -0.2) is 16.7 Å². The van der Waals surface area contributed by atoms with Gasteiger partial charge in [0.1, 0.15) is 5.75 Å². The number of phenolic OH excluding ortho intramolecular Hbond substituents is 1. The normalized spacial score (nSPS) is 12.5. The predicted octanol–water partition coefficient (Wildman–Crippen LogP) is 2.26. The van der Waals surface area contributed by atoms with Crippen LogP contribution in [0, 0.1) is 0 Å². The molecule has 5 nitrogen and oxygen atoms in total. The molecule has 0 spiro atoms. The van der Waals surface area contributed by atoms with Crippen molar-refractivity contribution in [2.45, 2.75) is 25.9 Å². The monoisotopic (exact) mass is 314 g/mol. The van der Waals surface area contributed by atoms with Gasteiger partial charge in [-0.15, -0.1) is 0 Å². The zero-order valence-electron chi connectivity index (χ0n) is 13.3. The lowest BCUT2D eigenvalue weighted by atomic mass is 10.0. The Bertz CT molecular complexity index is 639. The van der Waals surface area contributed by atoms with Gasteiger partial charge in [0.15, 0.2) is 11.6 Å². The van der Waals surface area contributed by atoms with Gasteiger partial charge in [0.05, 0.1) is 12.1 Å². The summed E-state index contributed by atoms with van der Waals surface area (Å²) in [5, 5.41) is 8.95. The second-order valence-corrected chi connectivity index (χ2v) is 5.18. The van der Waals surface area contributed by atoms with Gasteiger partial charge in [-0.3, -0.25) is 9.59 Å². The van der Waals surface area contributed by atoms with Gasteiger partial charge in [0.25, 0.3) is 0 Å². The molecule has 0 bridgehead atoms. The molecule has 0 aliphatic rings. The van der Waals surface area contributed by atoms with Crippen molar-refractivity contribution in [3.63, 3.8) is 0 Å². The Hall–Kier alpha value is -2.50. The SMILES string of the molecule is CC(=O)C(N)c1ccc(O)cc1.CC(=O)C(N)c1ccccc1. The first-order chi connectivity index (χ1) is 10.8. The zero-order valence-corrected chi connectivity index (χ0v) is 13.3. The molecule has 0 aromatic heterocycles. The molecule has 0 amide bonds. The molecule has 23 heavy (non-hydrogen) atoms.